The van der Waals surface area contributed by atoms with Crippen molar-refractivity contribution in [3.05, 3.63) is 28.1 Å². The van der Waals surface area contributed by atoms with E-state index in [2.05, 4.69) is 0 Å². The van der Waals surface area contributed by atoms with Gasteiger partial charge in [0.15, 0.2) is 6.29 Å². The lowest BCUT2D eigenvalue weighted by Crippen LogP contribution is -1.74. The second-order valence-corrected chi connectivity index (χ2v) is 2.62. The van der Waals surface area contributed by atoms with Gasteiger partial charge in [-0.3, -0.25) is 4.79 Å². The fourth-order valence-corrected chi connectivity index (χ4v) is 1.38. The molecule has 2 nitrogen and oxygen atoms in total. The van der Waals surface area contributed by atoms with E-state index in [9.17, 15) is 4.79 Å². The average molecular weight is 154 g/mol. The number of rotatable bonds is 2. The van der Waals surface area contributed by atoms with Gasteiger partial charge in [0, 0.05) is 10.4 Å². The number of hydrogen-bond donors (Lipinski definition) is 1. The molecule has 1 aromatic heterocycles. The standard InChI is InChI=1S/C7H6O2S/c8-3-1-7-6(5-9)2-4-10-7/h1-5,8H. The van der Waals surface area contributed by atoms with Gasteiger partial charge < -0.3 is 5.11 Å². The number of aldehydes is 1. The van der Waals surface area contributed by atoms with Crippen molar-refractivity contribution in [2.75, 3.05) is 0 Å². The zero-order chi connectivity index (χ0) is 7.40. The van der Waals surface area contributed by atoms with E-state index in [-0.39, 0.29) is 0 Å². The molecule has 0 saturated heterocycles. The largest absolute Gasteiger partial charge is 0.516 e. The van der Waals surface area contributed by atoms with Gasteiger partial charge in [-0.15, -0.1) is 11.3 Å². The first-order chi connectivity index (χ1) is 4.88. The van der Waals surface area contributed by atoms with Crippen molar-refractivity contribution < 1.29 is 9.90 Å². The van der Waals surface area contributed by atoms with Gasteiger partial charge in [-0.2, -0.15) is 0 Å². The number of aliphatic hydroxyl groups is 1. The molecular formula is C7H6O2S. The van der Waals surface area contributed by atoms with Crippen LogP contribution in [0, 0.1) is 0 Å². The van der Waals surface area contributed by atoms with Crippen LogP contribution in [0.25, 0.3) is 6.08 Å². The summed E-state index contributed by atoms with van der Waals surface area (Å²) in [6, 6.07) is 1.72. The van der Waals surface area contributed by atoms with Crippen LogP contribution in [0.2, 0.25) is 0 Å². The van der Waals surface area contributed by atoms with E-state index < -0.39 is 0 Å². The van der Waals surface area contributed by atoms with E-state index in [0.29, 0.717) is 5.56 Å². The number of carbonyl (C=O) groups is 1. The summed E-state index contributed by atoms with van der Waals surface area (Å²) in [4.78, 5) is 11.0. The van der Waals surface area contributed by atoms with Gasteiger partial charge in [-0.25, -0.2) is 0 Å². The number of thiophene rings is 1. The molecule has 0 atom stereocenters. The molecule has 0 spiro atoms. The van der Waals surface area contributed by atoms with Crippen LogP contribution in [0.15, 0.2) is 17.7 Å². The van der Waals surface area contributed by atoms with Gasteiger partial charge in [-0.1, -0.05) is 0 Å². The third-order valence-corrected chi connectivity index (χ3v) is 1.98. The Kier molecular flexibility index (Phi) is 2.23. The van der Waals surface area contributed by atoms with Crippen LogP contribution < -0.4 is 0 Å². The molecular weight excluding hydrogens is 148 g/mol. The number of carbonyl (C=O) groups excluding carboxylic acids is 1. The van der Waals surface area contributed by atoms with E-state index in [1.807, 2.05) is 0 Å². The Morgan fingerprint density at radius 3 is 3.00 bits per heavy atom. The van der Waals surface area contributed by atoms with E-state index in [4.69, 9.17) is 5.11 Å². The molecule has 0 fully saturated rings. The minimum atomic E-state index is 0.621. The molecule has 1 rings (SSSR count). The third kappa shape index (κ3) is 1.25. The molecule has 0 aliphatic carbocycles. The summed E-state index contributed by atoms with van der Waals surface area (Å²) in [6.07, 6.45) is 3.19. The Labute approximate surface area is 62.4 Å². The third-order valence-electron chi connectivity index (χ3n) is 1.08. The topological polar surface area (TPSA) is 37.3 Å². The molecule has 10 heavy (non-hydrogen) atoms. The lowest BCUT2D eigenvalue weighted by atomic mass is 10.3. The first kappa shape index (κ1) is 7.02. The zero-order valence-corrected chi connectivity index (χ0v) is 5.97. The van der Waals surface area contributed by atoms with E-state index in [0.717, 1.165) is 17.4 Å². The molecule has 0 aliphatic heterocycles. The lowest BCUT2D eigenvalue weighted by Gasteiger charge is -1.83. The SMILES string of the molecule is O=Cc1ccsc1C=CO. The molecule has 0 amide bonds. The van der Waals surface area contributed by atoms with Crippen LogP contribution in [0.3, 0.4) is 0 Å². The molecule has 0 aromatic carbocycles. The second-order valence-electron chi connectivity index (χ2n) is 1.67. The Hall–Kier alpha value is -1.09. The molecule has 1 N–H and O–H groups in total. The second kappa shape index (κ2) is 3.17. The molecule has 0 saturated carbocycles. The number of aliphatic hydroxyl groups excluding tert-OH is 1. The average Bonchev–Trinajstić information content (AvgIpc) is 2.36. The summed E-state index contributed by atoms with van der Waals surface area (Å²) in [5, 5.41) is 10.2. The van der Waals surface area contributed by atoms with Gasteiger partial charge in [0.25, 0.3) is 0 Å². The first-order valence-electron chi connectivity index (χ1n) is 2.72. The highest BCUT2D eigenvalue weighted by Gasteiger charge is 1.96. The van der Waals surface area contributed by atoms with Crippen LogP contribution in [-0.2, 0) is 0 Å². The maximum Gasteiger partial charge on any atom is 0.151 e. The van der Waals surface area contributed by atoms with E-state index >= 15 is 0 Å². The predicted octanol–water partition coefficient (Wildman–Crippen LogP) is 2.09. The van der Waals surface area contributed by atoms with Crippen molar-refractivity contribution in [3.8, 4) is 0 Å². The molecule has 1 aromatic rings. The Balaban J connectivity index is 3.00. The summed E-state index contributed by atoms with van der Waals surface area (Å²) in [7, 11) is 0. The van der Waals surface area contributed by atoms with Crippen molar-refractivity contribution in [3.63, 3.8) is 0 Å². The van der Waals surface area contributed by atoms with Crippen LogP contribution in [-0.4, -0.2) is 11.4 Å². The predicted molar refractivity (Wildman–Crippen MR) is 41.4 cm³/mol. The molecule has 0 radical (unpaired) electrons. The Morgan fingerprint density at radius 1 is 1.60 bits per heavy atom. The van der Waals surface area contributed by atoms with Gasteiger partial charge in [0.2, 0.25) is 0 Å². The van der Waals surface area contributed by atoms with Crippen molar-refractivity contribution in [1.82, 2.24) is 0 Å². The molecule has 0 unspecified atom stereocenters. The van der Waals surface area contributed by atoms with Crippen molar-refractivity contribution in [2.24, 2.45) is 0 Å². The molecule has 52 valence electrons. The maximum absolute atomic E-state index is 10.3. The smallest absolute Gasteiger partial charge is 0.151 e. The zero-order valence-electron chi connectivity index (χ0n) is 5.15. The van der Waals surface area contributed by atoms with Gasteiger partial charge >= 0.3 is 0 Å². The summed E-state index contributed by atoms with van der Waals surface area (Å²) < 4.78 is 0. The van der Waals surface area contributed by atoms with Gasteiger partial charge in [-0.05, 0) is 17.5 Å². The summed E-state index contributed by atoms with van der Waals surface area (Å²) in [5.41, 5.74) is 0.621. The van der Waals surface area contributed by atoms with Gasteiger partial charge in [0.05, 0.1) is 6.26 Å². The van der Waals surface area contributed by atoms with Crippen LogP contribution in [0.1, 0.15) is 15.2 Å². The van der Waals surface area contributed by atoms with Gasteiger partial charge in [0.1, 0.15) is 0 Å². The summed E-state index contributed by atoms with van der Waals surface area (Å²) in [5.74, 6) is 0. The van der Waals surface area contributed by atoms with E-state index in [1.54, 1.807) is 11.4 Å². The quantitative estimate of drug-likeness (QED) is 0.523. The van der Waals surface area contributed by atoms with Crippen LogP contribution in [0.4, 0.5) is 0 Å². The fourth-order valence-electron chi connectivity index (χ4n) is 0.631. The molecule has 0 bridgehead atoms. The van der Waals surface area contributed by atoms with Crippen molar-refractivity contribution >= 4 is 23.7 Å². The van der Waals surface area contributed by atoms with Crippen molar-refractivity contribution in [2.45, 2.75) is 0 Å². The highest BCUT2D eigenvalue weighted by molar-refractivity contribution is 7.11. The molecule has 3 heteroatoms. The minimum absolute atomic E-state index is 0.621. The monoisotopic (exact) mass is 154 g/mol. The summed E-state index contributed by atoms with van der Waals surface area (Å²) >= 11 is 1.42. The lowest BCUT2D eigenvalue weighted by molar-refractivity contribution is 0.112. The van der Waals surface area contributed by atoms with Crippen LogP contribution in [0.5, 0.6) is 0 Å². The molecule has 0 aliphatic rings. The van der Waals surface area contributed by atoms with Crippen LogP contribution >= 0.6 is 11.3 Å². The van der Waals surface area contributed by atoms with E-state index in [1.165, 1.54) is 17.4 Å². The number of hydrogen-bond acceptors (Lipinski definition) is 3. The first-order valence-corrected chi connectivity index (χ1v) is 3.60. The highest BCUT2D eigenvalue weighted by atomic mass is 32.1. The summed E-state index contributed by atoms with van der Waals surface area (Å²) in [6.45, 7) is 0. The molecule has 1 heterocycles. The Morgan fingerprint density at radius 2 is 2.40 bits per heavy atom. The minimum Gasteiger partial charge on any atom is -0.516 e. The Bertz CT molecular complexity index is 250. The normalized spacial score (nSPS) is 10.4. The highest BCUT2D eigenvalue weighted by Crippen LogP contribution is 2.15. The van der Waals surface area contributed by atoms with Crippen molar-refractivity contribution in [1.29, 1.82) is 0 Å². The maximum atomic E-state index is 10.3. The fraction of sp³-hybridized carbons (Fsp3) is 0.